The molecule has 137 heavy (non-hydrogen) atoms. The quantitative estimate of drug-likeness (QED) is 0.0933. The first-order valence-corrected chi connectivity index (χ1v) is 47.9. The van der Waals surface area contributed by atoms with Crippen molar-refractivity contribution in [3.05, 3.63) is 549 Å². The van der Waals surface area contributed by atoms with Crippen molar-refractivity contribution in [3.8, 4) is 100 Å². The molecule has 3 nitrogen and oxygen atoms in total. The lowest BCUT2D eigenvalue weighted by atomic mass is 9.86. The molecule has 0 aliphatic rings. The van der Waals surface area contributed by atoms with Crippen LogP contribution in [0.25, 0.3) is 209 Å². The number of nitrogens with zero attached hydrogens (tertiary/aromatic N) is 3. The summed E-state index contributed by atoms with van der Waals surface area (Å²) < 4.78 is 5.83. The largest absolute Gasteiger partial charge is 0.311 e. The van der Waals surface area contributed by atoms with Crippen LogP contribution < -0.4 is 4.90 Å². The van der Waals surface area contributed by atoms with Crippen LogP contribution >= 0.6 is 15.9 Å². The number of fused-ring (bicyclic) bond motifs is 12. The highest BCUT2D eigenvalue weighted by Crippen LogP contribution is 2.49. The van der Waals surface area contributed by atoms with E-state index in [1.165, 1.54) is 214 Å². The fourth-order valence-corrected chi connectivity index (χ4v) is 21.2. The van der Waals surface area contributed by atoms with Crippen molar-refractivity contribution in [2.75, 3.05) is 4.90 Å². The van der Waals surface area contributed by atoms with E-state index in [1.807, 2.05) is 0 Å². The predicted octanol–water partition coefficient (Wildman–Crippen LogP) is 37.3. The lowest BCUT2D eigenvalue weighted by molar-refractivity contribution is 1.18. The Morgan fingerprint density at radius 3 is 0.774 bits per heavy atom. The van der Waals surface area contributed by atoms with Crippen LogP contribution in [0.15, 0.2) is 538 Å². The summed E-state index contributed by atoms with van der Waals surface area (Å²) >= 11 is 3.56. The molecule has 0 saturated heterocycles. The molecule has 0 spiro atoms. The molecule has 0 radical (unpaired) electrons. The zero-order valence-corrected chi connectivity index (χ0v) is 76.8. The third-order valence-corrected chi connectivity index (χ3v) is 27.9. The number of benzene rings is 24. The van der Waals surface area contributed by atoms with Gasteiger partial charge in [-0.15, -0.1) is 0 Å². The number of rotatable bonds is 15. The summed E-state index contributed by atoms with van der Waals surface area (Å²) in [6.45, 7) is 0. The highest BCUT2D eigenvalue weighted by molar-refractivity contribution is 9.10. The number of aromatic nitrogens is 2. The second-order valence-corrected chi connectivity index (χ2v) is 36.3. The van der Waals surface area contributed by atoms with Gasteiger partial charge in [0.15, 0.2) is 0 Å². The van der Waals surface area contributed by atoms with Gasteiger partial charge in [0.2, 0.25) is 0 Å². The molecule has 26 rings (SSSR count). The Kier molecular flexibility index (Phi) is 22.0. The summed E-state index contributed by atoms with van der Waals surface area (Å²) in [7, 11) is 0. The minimum atomic E-state index is 0.916. The monoisotopic (exact) mass is 1810 g/mol. The number of hydrogen-bond acceptors (Lipinski definition) is 1. The lowest BCUT2D eigenvalue weighted by Gasteiger charge is -2.26. The van der Waals surface area contributed by atoms with Crippen molar-refractivity contribution in [3.63, 3.8) is 0 Å². The van der Waals surface area contributed by atoms with Crippen LogP contribution in [0.2, 0.25) is 0 Å². The molecule has 0 aliphatic carbocycles. The lowest BCUT2D eigenvalue weighted by Crippen LogP contribution is -2.09. The molecule has 0 fully saturated rings. The fourth-order valence-electron chi connectivity index (χ4n) is 21.0. The molecule has 0 N–H and O–H groups in total. The zero-order valence-electron chi connectivity index (χ0n) is 75.2. The normalized spacial score (nSPS) is 11.4. The topological polar surface area (TPSA) is 13.1 Å². The first kappa shape index (κ1) is 82.8. The molecule has 0 saturated carbocycles. The second-order valence-electron chi connectivity index (χ2n) is 35.4. The minimum absolute atomic E-state index is 0.916. The second kappa shape index (κ2) is 36.4. The molecule has 4 heteroatoms. The summed E-state index contributed by atoms with van der Waals surface area (Å²) in [6.07, 6.45) is 0.916. The maximum Gasteiger partial charge on any atom is 0.0541 e. The van der Waals surface area contributed by atoms with E-state index in [9.17, 15) is 0 Å². The molecule has 26 aromatic rings. The van der Waals surface area contributed by atoms with Gasteiger partial charge in [0.25, 0.3) is 0 Å². The number of anilines is 3. The van der Waals surface area contributed by atoms with Crippen LogP contribution in [0.3, 0.4) is 0 Å². The van der Waals surface area contributed by atoms with Gasteiger partial charge in [0.1, 0.15) is 0 Å². The summed E-state index contributed by atoms with van der Waals surface area (Å²) in [5.41, 5.74) is 33.0. The van der Waals surface area contributed by atoms with Gasteiger partial charge < -0.3 is 14.0 Å². The van der Waals surface area contributed by atoms with Crippen molar-refractivity contribution in [2.24, 2.45) is 0 Å². The molecule has 0 unspecified atom stereocenters. The summed E-state index contributed by atoms with van der Waals surface area (Å²) in [4.78, 5) is 2.38. The van der Waals surface area contributed by atoms with Crippen LogP contribution in [0.5, 0.6) is 0 Å². The standard InChI is InChI=1S/C66H44N2.C41H29N.C26H17Br/c1-3-17-48(18-4-1)65-58-24-9-11-26-60(58)66(61-27-12-10-25-59(61)65)49-34-41-54(42-35-49)67(53-39-32-47(33-40-53)56-28-15-19-46-16-7-8-22-55(46)56)52-37-30-45(31-38-52)50-36-43-64-62(44-50)57-23-13-14-29-63(57)68(64)51-20-5-2-6-21-51;1-2-11-35(12-3-1)42-40-16-7-6-14-38(40)39-28-34(25-26-41(39)42)31-21-17-29(18-22-31)27-30-19-23-33(24-20-30)37-15-8-10-32-9-4-5-13-36(32)37;27-20-16-14-19(15-17-20)26-23-12-6-4-10-21(23)25(18-8-2-1-3-9-18)22-11-5-7-13-24(22)26/h1-44H;1-26,28H,27H2;1-17H. The molecule has 2 heterocycles. The summed E-state index contributed by atoms with van der Waals surface area (Å²) in [5, 5.41) is 20.3. The first-order valence-electron chi connectivity index (χ1n) is 47.1. The van der Waals surface area contributed by atoms with Crippen LogP contribution in [0.4, 0.5) is 17.1 Å². The van der Waals surface area contributed by atoms with Gasteiger partial charge in [0.05, 0.1) is 22.1 Å². The van der Waals surface area contributed by atoms with Crippen LogP contribution in [-0.4, -0.2) is 9.13 Å². The van der Waals surface area contributed by atoms with Gasteiger partial charge in [-0.05, 0) is 280 Å². The van der Waals surface area contributed by atoms with Gasteiger partial charge in [-0.25, -0.2) is 0 Å². The van der Waals surface area contributed by atoms with E-state index in [0.717, 1.165) is 33.6 Å². The van der Waals surface area contributed by atoms with E-state index in [-0.39, 0.29) is 0 Å². The Bertz CT molecular complexity index is 8860. The van der Waals surface area contributed by atoms with E-state index >= 15 is 0 Å². The number of para-hydroxylation sites is 4. The molecular weight excluding hydrogens is 1720 g/mol. The van der Waals surface area contributed by atoms with Crippen molar-refractivity contribution in [1.82, 2.24) is 9.13 Å². The third-order valence-electron chi connectivity index (χ3n) is 27.3. The smallest absolute Gasteiger partial charge is 0.0541 e. The fraction of sp³-hybridized carbons (Fsp3) is 0.00752. The number of halogens is 1. The molecule has 644 valence electrons. The Morgan fingerprint density at radius 1 is 0.168 bits per heavy atom. The van der Waals surface area contributed by atoms with E-state index < -0.39 is 0 Å². The average Bonchev–Trinajstić information content (AvgIpc) is 1.55. The number of hydrogen-bond donors (Lipinski definition) is 0. The Hall–Kier alpha value is -17.3. The molecular formula is C133H90BrN3. The Labute approximate surface area is 805 Å². The molecule has 0 bridgehead atoms. The highest BCUT2D eigenvalue weighted by atomic mass is 79.9. The van der Waals surface area contributed by atoms with Crippen LogP contribution in [-0.2, 0) is 6.42 Å². The van der Waals surface area contributed by atoms with E-state index in [4.69, 9.17) is 0 Å². The van der Waals surface area contributed by atoms with Gasteiger partial charge in [-0.1, -0.05) is 441 Å². The van der Waals surface area contributed by atoms with Crippen LogP contribution in [0, 0.1) is 0 Å². The van der Waals surface area contributed by atoms with Crippen molar-refractivity contribution < 1.29 is 0 Å². The first-order chi connectivity index (χ1) is 67.9. The molecule has 24 aromatic carbocycles. The average molecular weight is 1810 g/mol. The van der Waals surface area contributed by atoms with Gasteiger partial charge in [-0.2, -0.15) is 0 Å². The third kappa shape index (κ3) is 15.7. The van der Waals surface area contributed by atoms with E-state index in [0.29, 0.717) is 0 Å². The van der Waals surface area contributed by atoms with Crippen molar-refractivity contribution >= 4 is 141 Å². The van der Waals surface area contributed by atoms with Crippen LogP contribution in [0.1, 0.15) is 11.1 Å². The predicted molar refractivity (Wildman–Crippen MR) is 588 cm³/mol. The molecule has 2 aromatic heterocycles. The van der Waals surface area contributed by atoms with Crippen molar-refractivity contribution in [2.45, 2.75) is 6.42 Å². The Balaban J connectivity index is 0.000000125. The van der Waals surface area contributed by atoms with Gasteiger partial charge in [0, 0.05) is 54.5 Å². The van der Waals surface area contributed by atoms with E-state index in [1.54, 1.807) is 0 Å². The zero-order chi connectivity index (χ0) is 91.1. The maximum atomic E-state index is 3.56. The summed E-state index contributed by atoms with van der Waals surface area (Å²) in [6, 6.07) is 194. The van der Waals surface area contributed by atoms with Crippen molar-refractivity contribution in [1.29, 1.82) is 0 Å². The molecule has 0 atom stereocenters. The van der Waals surface area contributed by atoms with Gasteiger partial charge >= 0.3 is 0 Å². The minimum Gasteiger partial charge on any atom is -0.311 e. The van der Waals surface area contributed by atoms with E-state index in [2.05, 4.69) is 564 Å². The maximum absolute atomic E-state index is 3.56. The molecule has 0 aliphatic heterocycles. The molecule has 0 amide bonds. The Morgan fingerprint density at radius 2 is 0.416 bits per heavy atom. The summed E-state index contributed by atoms with van der Waals surface area (Å²) in [5.74, 6) is 0. The highest BCUT2D eigenvalue weighted by Gasteiger charge is 2.23. The van der Waals surface area contributed by atoms with Gasteiger partial charge in [-0.3, -0.25) is 0 Å². The SMILES string of the molecule is Brc1ccc(-c2c3ccccc3c(-c3ccccc3)c3ccccc23)cc1.c1ccc(-c2c3ccccc3c(-c3ccc(N(c4ccc(-c5ccc6c(c5)c5ccccc5n6-c5ccccc5)cc4)c4ccc(-c5cccc6ccccc56)cc4)cc3)c3ccccc23)cc1.c1ccc(-n2c3ccccc3c3cc(-c4ccc(Cc5ccc(-c6cccc7ccccc67)cc5)cc4)ccc32)cc1.